The standard InChI is InChI=1S/C14H15F2N3O/c1-4-12-18-13(17-3)8(2)14(19-12)20-11-6-5-9(15)7-10(11)16/h5-7H,4H2,1-3H3,(H,17,18,19). The van der Waals surface area contributed by atoms with Gasteiger partial charge in [0.05, 0.1) is 5.56 Å². The molecule has 4 nitrogen and oxygen atoms in total. The summed E-state index contributed by atoms with van der Waals surface area (Å²) >= 11 is 0. The predicted octanol–water partition coefficient (Wildman–Crippen LogP) is 3.46. The quantitative estimate of drug-likeness (QED) is 0.931. The number of aryl methyl sites for hydroxylation is 1. The first-order valence-corrected chi connectivity index (χ1v) is 6.23. The Bertz CT molecular complexity index is 632. The van der Waals surface area contributed by atoms with Crippen LogP contribution in [0.25, 0.3) is 0 Å². The number of halogens is 2. The predicted molar refractivity (Wildman–Crippen MR) is 72.1 cm³/mol. The monoisotopic (exact) mass is 279 g/mol. The van der Waals surface area contributed by atoms with Gasteiger partial charge in [-0.25, -0.2) is 13.8 Å². The number of nitrogens with zero attached hydrogens (tertiary/aromatic N) is 2. The van der Waals surface area contributed by atoms with Crippen molar-refractivity contribution in [2.75, 3.05) is 12.4 Å². The summed E-state index contributed by atoms with van der Waals surface area (Å²) in [5.41, 5.74) is 0.661. The van der Waals surface area contributed by atoms with Gasteiger partial charge in [-0.1, -0.05) is 6.92 Å². The molecule has 1 aromatic heterocycles. The number of nitrogens with one attached hydrogen (secondary N) is 1. The molecule has 0 saturated heterocycles. The Labute approximate surface area is 115 Å². The van der Waals surface area contributed by atoms with Crippen molar-refractivity contribution < 1.29 is 13.5 Å². The van der Waals surface area contributed by atoms with Gasteiger partial charge in [-0.2, -0.15) is 4.98 Å². The van der Waals surface area contributed by atoms with Gasteiger partial charge in [0.15, 0.2) is 11.6 Å². The molecule has 1 N–H and O–H groups in total. The van der Waals surface area contributed by atoms with Crippen molar-refractivity contribution >= 4 is 5.82 Å². The van der Waals surface area contributed by atoms with Gasteiger partial charge < -0.3 is 10.1 Å². The molecule has 0 unspecified atom stereocenters. The minimum Gasteiger partial charge on any atom is -0.435 e. The second-order valence-corrected chi connectivity index (χ2v) is 4.20. The van der Waals surface area contributed by atoms with Crippen molar-refractivity contribution in [1.82, 2.24) is 9.97 Å². The summed E-state index contributed by atoms with van der Waals surface area (Å²) < 4.78 is 31.9. The highest BCUT2D eigenvalue weighted by Gasteiger charge is 2.13. The van der Waals surface area contributed by atoms with E-state index in [0.717, 1.165) is 12.1 Å². The Morgan fingerprint density at radius 3 is 2.60 bits per heavy atom. The zero-order valence-corrected chi connectivity index (χ0v) is 11.5. The van der Waals surface area contributed by atoms with E-state index in [1.165, 1.54) is 6.07 Å². The summed E-state index contributed by atoms with van der Waals surface area (Å²) in [6.45, 7) is 3.67. The number of rotatable bonds is 4. The van der Waals surface area contributed by atoms with Crippen LogP contribution < -0.4 is 10.1 Å². The molecular formula is C14H15F2N3O. The highest BCUT2D eigenvalue weighted by Crippen LogP contribution is 2.29. The fourth-order valence-electron chi connectivity index (χ4n) is 1.70. The molecule has 0 bridgehead atoms. The smallest absolute Gasteiger partial charge is 0.227 e. The molecular weight excluding hydrogens is 264 g/mol. The molecule has 0 radical (unpaired) electrons. The normalized spacial score (nSPS) is 10.4. The lowest BCUT2D eigenvalue weighted by Crippen LogP contribution is -2.05. The van der Waals surface area contributed by atoms with Crippen molar-refractivity contribution in [3.63, 3.8) is 0 Å². The summed E-state index contributed by atoms with van der Waals surface area (Å²) in [5, 5.41) is 2.94. The van der Waals surface area contributed by atoms with Gasteiger partial charge >= 0.3 is 0 Å². The van der Waals surface area contributed by atoms with Crippen molar-refractivity contribution in [2.24, 2.45) is 0 Å². The lowest BCUT2D eigenvalue weighted by atomic mass is 10.3. The first kappa shape index (κ1) is 14.2. The zero-order valence-electron chi connectivity index (χ0n) is 11.5. The summed E-state index contributed by atoms with van der Waals surface area (Å²) in [5.74, 6) is -0.0395. The average Bonchev–Trinajstić information content (AvgIpc) is 2.43. The Morgan fingerprint density at radius 2 is 2.00 bits per heavy atom. The largest absolute Gasteiger partial charge is 0.435 e. The molecule has 106 valence electrons. The number of benzene rings is 1. The van der Waals surface area contributed by atoms with E-state index < -0.39 is 11.6 Å². The van der Waals surface area contributed by atoms with Gasteiger partial charge in [-0.3, -0.25) is 0 Å². The lowest BCUT2D eigenvalue weighted by molar-refractivity contribution is 0.418. The number of ether oxygens (including phenoxy) is 1. The van der Waals surface area contributed by atoms with Gasteiger partial charge in [0, 0.05) is 19.5 Å². The fourth-order valence-corrected chi connectivity index (χ4v) is 1.70. The van der Waals surface area contributed by atoms with E-state index >= 15 is 0 Å². The van der Waals surface area contributed by atoms with Crippen molar-refractivity contribution in [1.29, 1.82) is 0 Å². The van der Waals surface area contributed by atoms with Gasteiger partial charge in [0.1, 0.15) is 17.5 Å². The molecule has 1 aromatic carbocycles. The molecule has 0 saturated carbocycles. The third-order valence-corrected chi connectivity index (χ3v) is 2.80. The van der Waals surface area contributed by atoms with E-state index in [-0.39, 0.29) is 11.6 Å². The third-order valence-electron chi connectivity index (χ3n) is 2.80. The molecule has 6 heteroatoms. The van der Waals surface area contributed by atoms with Gasteiger partial charge in [0.2, 0.25) is 5.88 Å². The van der Waals surface area contributed by atoms with E-state index in [4.69, 9.17) is 4.74 Å². The van der Waals surface area contributed by atoms with Crippen LogP contribution in [-0.4, -0.2) is 17.0 Å². The fraction of sp³-hybridized carbons (Fsp3) is 0.286. The zero-order chi connectivity index (χ0) is 14.7. The highest BCUT2D eigenvalue weighted by atomic mass is 19.1. The van der Waals surface area contributed by atoms with Crippen LogP contribution in [0.2, 0.25) is 0 Å². The molecule has 0 amide bonds. The van der Waals surface area contributed by atoms with Crippen molar-refractivity contribution in [3.05, 3.63) is 41.2 Å². The molecule has 0 atom stereocenters. The SMILES string of the molecule is CCc1nc(NC)c(C)c(Oc2ccc(F)cc2F)n1. The number of anilines is 1. The molecule has 20 heavy (non-hydrogen) atoms. The molecule has 0 spiro atoms. The first-order valence-electron chi connectivity index (χ1n) is 6.23. The van der Waals surface area contributed by atoms with Crippen LogP contribution in [0.5, 0.6) is 11.6 Å². The third kappa shape index (κ3) is 2.84. The van der Waals surface area contributed by atoms with Gasteiger partial charge in [0.25, 0.3) is 0 Å². The Hall–Kier alpha value is -2.24. The minimum absolute atomic E-state index is 0.0719. The van der Waals surface area contributed by atoms with Crippen LogP contribution >= 0.6 is 0 Å². The van der Waals surface area contributed by atoms with Gasteiger partial charge in [-0.15, -0.1) is 0 Å². The molecule has 0 fully saturated rings. The number of hydrogen-bond acceptors (Lipinski definition) is 4. The summed E-state index contributed by atoms with van der Waals surface area (Å²) in [6, 6.07) is 3.14. The van der Waals surface area contributed by atoms with E-state index in [1.807, 2.05) is 6.92 Å². The first-order chi connectivity index (χ1) is 9.55. The summed E-state index contributed by atoms with van der Waals surface area (Å²) in [4.78, 5) is 8.52. The second kappa shape index (κ2) is 5.81. The van der Waals surface area contributed by atoms with E-state index in [1.54, 1.807) is 14.0 Å². The molecule has 0 aliphatic rings. The summed E-state index contributed by atoms with van der Waals surface area (Å²) in [6.07, 6.45) is 0.622. The van der Waals surface area contributed by atoms with Crippen LogP contribution in [0, 0.1) is 18.6 Å². The molecule has 2 aromatic rings. The number of aromatic nitrogens is 2. The maximum Gasteiger partial charge on any atom is 0.227 e. The van der Waals surface area contributed by atoms with E-state index in [9.17, 15) is 8.78 Å². The Balaban J connectivity index is 2.42. The Morgan fingerprint density at radius 1 is 1.25 bits per heavy atom. The van der Waals surface area contributed by atoms with Crippen LogP contribution in [0.4, 0.5) is 14.6 Å². The molecule has 0 aliphatic heterocycles. The van der Waals surface area contributed by atoms with Gasteiger partial charge in [-0.05, 0) is 19.1 Å². The molecule has 0 aliphatic carbocycles. The summed E-state index contributed by atoms with van der Waals surface area (Å²) in [7, 11) is 1.73. The maximum absolute atomic E-state index is 13.6. The highest BCUT2D eigenvalue weighted by molar-refractivity contribution is 5.49. The van der Waals surface area contributed by atoms with Crippen molar-refractivity contribution in [3.8, 4) is 11.6 Å². The minimum atomic E-state index is -0.771. The van der Waals surface area contributed by atoms with Crippen LogP contribution in [0.15, 0.2) is 18.2 Å². The molecule has 2 rings (SSSR count). The second-order valence-electron chi connectivity index (χ2n) is 4.20. The van der Waals surface area contributed by atoms with Crippen LogP contribution in [-0.2, 0) is 6.42 Å². The lowest BCUT2D eigenvalue weighted by Gasteiger charge is -2.12. The average molecular weight is 279 g/mol. The van der Waals surface area contributed by atoms with Crippen LogP contribution in [0.1, 0.15) is 18.3 Å². The van der Waals surface area contributed by atoms with Crippen molar-refractivity contribution in [2.45, 2.75) is 20.3 Å². The number of hydrogen-bond donors (Lipinski definition) is 1. The maximum atomic E-state index is 13.6. The van der Waals surface area contributed by atoms with Crippen LogP contribution in [0.3, 0.4) is 0 Å². The van der Waals surface area contributed by atoms with E-state index in [0.29, 0.717) is 23.6 Å². The molecule has 1 heterocycles. The topological polar surface area (TPSA) is 47.0 Å². The van der Waals surface area contributed by atoms with E-state index in [2.05, 4.69) is 15.3 Å². The Kier molecular flexibility index (Phi) is 4.12.